The SMILES string of the molecule is Cc1sc2ncnc(Nc3ccc(I)cc3)c2c1C.Cl. The summed E-state index contributed by atoms with van der Waals surface area (Å²) in [5.41, 5.74) is 2.30. The van der Waals surface area contributed by atoms with E-state index in [-0.39, 0.29) is 12.4 Å². The Hall–Kier alpha value is -0.920. The normalized spacial score (nSPS) is 10.3. The number of rotatable bonds is 2. The molecule has 3 nitrogen and oxygen atoms in total. The number of nitrogens with zero attached hydrogens (tertiary/aromatic N) is 2. The Morgan fingerprint density at radius 2 is 1.80 bits per heavy atom. The van der Waals surface area contributed by atoms with Crippen molar-refractivity contribution in [1.29, 1.82) is 0 Å². The van der Waals surface area contributed by atoms with Gasteiger partial charge in [0, 0.05) is 14.1 Å². The zero-order valence-corrected chi connectivity index (χ0v) is 14.8. The van der Waals surface area contributed by atoms with Crippen LogP contribution < -0.4 is 5.32 Å². The van der Waals surface area contributed by atoms with Crippen LogP contribution in [-0.2, 0) is 0 Å². The number of halogens is 2. The summed E-state index contributed by atoms with van der Waals surface area (Å²) in [6.45, 7) is 4.24. The summed E-state index contributed by atoms with van der Waals surface area (Å²) in [5.74, 6) is 0.882. The summed E-state index contributed by atoms with van der Waals surface area (Å²) in [6.07, 6.45) is 1.62. The van der Waals surface area contributed by atoms with Gasteiger partial charge in [0.15, 0.2) is 0 Å². The molecule has 3 aromatic rings. The largest absolute Gasteiger partial charge is 0.340 e. The fourth-order valence-electron chi connectivity index (χ4n) is 1.95. The van der Waals surface area contributed by atoms with Gasteiger partial charge in [-0.25, -0.2) is 9.97 Å². The molecule has 20 heavy (non-hydrogen) atoms. The van der Waals surface area contributed by atoms with Gasteiger partial charge in [0.1, 0.15) is 17.0 Å². The molecule has 2 aromatic heterocycles. The number of nitrogens with one attached hydrogen (secondary N) is 1. The quantitative estimate of drug-likeness (QED) is 0.591. The van der Waals surface area contributed by atoms with Gasteiger partial charge in [0.2, 0.25) is 0 Å². The van der Waals surface area contributed by atoms with E-state index < -0.39 is 0 Å². The predicted molar refractivity (Wildman–Crippen MR) is 96.6 cm³/mol. The molecule has 1 N–H and O–H groups in total. The van der Waals surface area contributed by atoms with Gasteiger partial charge >= 0.3 is 0 Å². The van der Waals surface area contributed by atoms with Gasteiger partial charge < -0.3 is 5.32 Å². The number of hydrogen-bond acceptors (Lipinski definition) is 4. The minimum atomic E-state index is 0. The Bertz CT molecular complexity index is 740. The molecule has 0 atom stereocenters. The van der Waals surface area contributed by atoms with Crippen molar-refractivity contribution in [3.8, 4) is 0 Å². The minimum Gasteiger partial charge on any atom is -0.340 e. The predicted octanol–water partition coefficient (Wildman–Crippen LogP) is 5.08. The van der Waals surface area contributed by atoms with E-state index in [1.165, 1.54) is 14.0 Å². The average Bonchev–Trinajstić information content (AvgIpc) is 2.69. The highest BCUT2D eigenvalue weighted by molar-refractivity contribution is 14.1. The highest BCUT2D eigenvalue weighted by Crippen LogP contribution is 2.33. The second-order valence-electron chi connectivity index (χ2n) is 4.32. The van der Waals surface area contributed by atoms with Crippen LogP contribution in [0.2, 0.25) is 0 Å². The number of anilines is 2. The number of hydrogen-bond donors (Lipinski definition) is 1. The molecule has 2 heterocycles. The summed E-state index contributed by atoms with van der Waals surface area (Å²) < 4.78 is 1.22. The number of thiophene rings is 1. The van der Waals surface area contributed by atoms with Crippen LogP contribution in [0.5, 0.6) is 0 Å². The van der Waals surface area contributed by atoms with Crippen LogP contribution in [0, 0.1) is 17.4 Å². The van der Waals surface area contributed by atoms with E-state index in [0.29, 0.717) is 0 Å². The first-order chi connectivity index (χ1) is 9.15. The molecular weight excluding hydrogens is 405 g/mol. The lowest BCUT2D eigenvalue weighted by molar-refractivity contribution is 1.22. The van der Waals surface area contributed by atoms with E-state index in [4.69, 9.17) is 0 Å². The average molecular weight is 418 g/mol. The molecule has 0 fully saturated rings. The Balaban J connectivity index is 0.00000147. The fourth-order valence-corrected chi connectivity index (χ4v) is 3.30. The summed E-state index contributed by atoms with van der Waals surface area (Å²) in [5, 5.41) is 4.51. The first-order valence-electron chi connectivity index (χ1n) is 5.88. The molecule has 0 saturated carbocycles. The van der Waals surface area contributed by atoms with Crippen molar-refractivity contribution in [2.45, 2.75) is 13.8 Å². The molecule has 3 rings (SSSR count). The molecule has 0 saturated heterocycles. The number of fused-ring (bicyclic) bond motifs is 1. The molecular formula is C14H13ClIN3S. The maximum atomic E-state index is 4.38. The van der Waals surface area contributed by atoms with Crippen molar-refractivity contribution in [2.75, 3.05) is 5.32 Å². The van der Waals surface area contributed by atoms with Crippen LogP contribution in [0.1, 0.15) is 10.4 Å². The third kappa shape index (κ3) is 2.89. The maximum Gasteiger partial charge on any atom is 0.142 e. The summed E-state index contributed by atoms with van der Waals surface area (Å²) in [7, 11) is 0. The van der Waals surface area contributed by atoms with E-state index in [1.807, 2.05) is 0 Å². The van der Waals surface area contributed by atoms with E-state index in [9.17, 15) is 0 Å². The zero-order valence-electron chi connectivity index (χ0n) is 11.0. The lowest BCUT2D eigenvalue weighted by Crippen LogP contribution is -1.95. The standard InChI is InChI=1S/C14H12IN3S.ClH/c1-8-9(2)19-14-12(8)13(16-7-17-14)18-11-5-3-10(15)4-6-11;/h3-7H,1-2H3,(H,16,17,18);1H. The summed E-state index contributed by atoms with van der Waals surface area (Å²) in [4.78, 5) is 11.1. The first-order valence-corrected chi connectivity index (χ1v) is 7.78. The molecule has 0 radical (unpaired) electrons. The Labute approximate surface area is 141 Å². The van der Waals surface area contributed by atoms with E-state index in [0.717, 1.165) is 21.7 Å². The molecule has 0 bridgehead atoms. The second-order valence-corrected chi connectivity index (χ2v) is 6.77. The number of benzene rings is 1. The van der Waals surface area contributed by atoms with Crippen LogP contribution in [0.4, 0.5) is 11.5 Å². The van der Waals surface area contributed by atoms with Crippen LogP contribution in [0.3, 0.4) is 0 Å². The van der Waals surface area contributed by atoms with Crippen LogP contribution in [0.15, 0.2) is 30.6 Å². The molecule has 104 valence electrons. The van der Waals surface area contributed by atoms with Crippen molar-refractivity contribution in [3.63, 3.8) is 0 Å². The van der Waals surface area contributed by atoms with Gasteiger partial charge in [-0.2, -0.15) is 0 Å². The fraction of sp³-hybridized carbons (Fsp3) is 0.143. The molecule has 0 amide bonds. The van der Waals surface area contributed by atoms with Gasteiger partial charge in [-0.3, -0.25) is 0 Å². The topological polar surface area (TPSA) is 37.8 Å². The first kappa shape index (κ1) is 15.5. The monoisotopic (exact) mass is 417 g/mol. The highest BCUT2D eigenvalue weighted by Gasteiger charge is 2.11. The molecule has 0 spiro atoms. The molecule has 0 aliphatic heterocycles. The lowest BCUT2D eigenvalue weighted by atomic mass is 10.2. The zero-order chi connectivity index (χ0) is 13.4. The highest BCUT2D eigenvalue weighted by atomic mass is 127. The molecule has 0 aliphatic carbocycles. The van der Waals surface area contributed by atoms with E-state index in [1.54, 1.807) is 17.7 Å². The van der Waals surface area contributed by atoms with Crippen LogP contribution in [0.25, 0.3) is 10.2 Å². The van der Waals surface area contributed by atoms with Crippen molar-refractivity contribution < 1.29 is 0 Å². The van der Waals surface area contributed by atoms with Crippen molar-refractivity contribution in [2.24, 2.45) is 0 Å². The molecule has 0 aliphatic rings. The van der Waals surface area contributed by atoms with Gasteiger partial charge in [-0.15, -0.1) is 23.7 Å². The van der Waals surface area contributed by atoms with Gasteiger partial charge in [0.05, 0.1) is 5.39 Å². The second kappa shape index (κ2) is 6.24. The number of aromatic nitrogens is 2. The van der Waals surface area contributed by atoms with E-state index >= 15 is 0 Å². The molecule has 0 unspecified atom stereocenters. The molecule has 6 heteroatoms. The summed E-state index contributed by atoms with van der Waals surface area (Å²) in [6, 6.07) is 8.27. The van der Waals surface area contributed by atoms with Crippen LogP contribution >= 0.6 is 46.3 Å². The summed E-state index contributed by atoms with van der Waals surface area (Å²) >= 11 is 4.01. The van der Waals surface area contributed by atoms with Crippen molar-refractivity contribution in [3.05, 3.63) is 44.6 Å². The Morgan fingerprint density at radius 1 is 1.10 bits per heavy atom. The van der Waals surface area contributed by atoms with Gasteiger partial charge in [0.25, 0.3) is 0 Å². The van der Waals surface area contributed by atoms with Gasteiger partial charge in [-0.05, 0) is 66.3 Å². The molecule has 1 aromatic carbocycles. The van der Waals surface area contributed by atoms with Crippen molar-refractivity contribution >= 4 is 68.1 Å². The maximum absolute atomic E-state index is 4.38. The Morgan fingerprint density at radius 3 is 2.50 bits per heavy atom. The smallest absolute Gasteiger partial charge is 0.142 e. The van der Waals surface area contributed by atoms with E-state index in [2.05, 4.69) is 76.0 Å². The van der Waals surface area contributed by atoms with Gasteiger partial charge in [-0.1, -0.05) is 0 Å². The van der Waals surface area contributed by atoms with Crippen LogP contribution in [-0.4, -0.2) is 9.97 Å². The third-order valence-electron chi connectivity index (χ3n) is 3.07. The lowest BCUT2D eigenvalue weighted by Gasteiger charge is -2.07. The third-order valence-corrected chi connectivity index (χ3v) is 4.91. The Kier molecular flexibility index (Phi) is 4.82. The number of aryl methyl sites for hydroxylation is 2. The van der Waals surface area contributed by atoms with Crippen molar-refractivity contribution in [1.82, 2.24) is 9.97 Å². The minimum absolute atomic E-state index is 0.